The molecule has 1 aliphatic heterocycles. The van der Waals surface area contributed by atoms with Gasteiger partial charge in [0, 0.05) is 56.7 Å². The molecule has 0 atom stereocenters. The number of carbonyl (C=O) groups is 1. The van der Waals surface area contributed by atoms with E-state index >= 15 is 0 Å². The number of amides is 1. The Kier molecular flexibility index (Phi) is 6.55. The third-order valence-corrected chi connectivity index (χ3v) is 5.92. The SMILES string of the molecule is CN=C(NCCc1c[nH]c2c(C)cccc12)NCc1cccc(CN2CCCC2=O)c1. The number of aromatic amines is 1. The Balaban J connectivity index is 1.28. The number of fused-ring (bicyclic) bond motifs is 1. The number of rotatable bonds is 7. The number of likely N-dealkylation sites (tertiary alicyclic amines) is 1. The van der Waals surface area contributed by atoms with E-state index in [0.29, 0.717) is 19.5 Å². The molecule has 0 bridgehead atoms. The van der Waals surface area contributed by atoms with Crippen LogP contribution in [0.5, 0.6) is 0 Å². The number of hydrogen-bond acceptors (Lipinski definition) is 2. The van der Waals surface area contributed by atoms with Crippen molar-refractivity contribution in [2.24, 2.45) is 4.99 Å². The fourth-order valence-electron chi connectivity index (χ4n) is 4.22. The van der Waals surface area contributed by atoms with E-state index in [9.17, 15) is 4.79 Å². The van der Waals surface area contributed by atoms with Crippen molar-refractivity contribution in [3.05, 3.63) is 70.9 Å². The predicted molar refractivity (Wildman–Crippen MR) is 126 cm³/mol. The summed E-state index contributed by atoms with van der Waals surface area (Å²) in [7, 11) is 1.79. The zero-order chi connectivity index (χ0) is 21.6. The van der Waals surface area contributed by atoms with Crippen molar-refractivity contribution in [1.82, 2.24) is 20.5 Å². The first kappa shape index (κ1) is 21.0. The van der Waals surface area contributed by atoms with Crippen LogP contribution in [0.2, 0.25) is 0 Å². The minimum atomic E-state index is 0.262. The number of H-pyrrole nitrogens is 1. The molecule has 2 aromatic carbocycles. The molecule has 3 N–H and O–H groups in total. The van der Waals surface area contributed by atoms with Crippen LogP contribution in [0.3, 0.4) is 0 Å². The summed E-state index contributed by atoms with van der Waals surface area (Å²) in [5.74, 6) is 1.05. The van der Waals surface area contributed by atoms with Gasteiger partial charge in [-0.3, -0.25) is 9.79 Å². The second kappa shape index (κ2) is 9.69. The maximum atomic E-state index is 11.9. The summed E-state index contributed by atoms with van der Waals surface area (Å²) in [5, 5.41) is 8.09. The normalized spacial score (nSPS) is 14.5. The number of carbonyl (C=O) groups excluding carboxylic acids is 1. The number of benzene rings is 2. The number of aromatic nitrogens is 1. The highest BCUT2D eigenvalue weighted by atomic mass is 16.2. The maximum Gasteiger partial charge on any atom is 0.222 e. The van der Waals surface area contributed by atoms with Gasteiger partial charge in [-0.05, 0) is 42.0 Å². The third-order valence-electron chi connectivity index (χ3n) is 5.92. The average Bonchev–Trinajstić information content (AvgIpc) is 3.38. The van der Waals surface area contributed by atoms with Crippen LogP contribution in [0.1, 0.15) is 35.1 Å². The zero-order valence-corrected chi connectivity index (χ0v) is 18.4. The van der Waals surface area contributed by atoms with Gasteiger partial charge >= 0.3 is 0 Å². The van der Waals surface area contributed by atoms with E-state index in [1.807, 2.05) is 4.90 Å². The lowest BCUT2D eigenvalue weighted by Gasteiger charge is -2.16. The summed E-state index contributed by atoms with van der Waals surface area (Å²) in [6.07, 6.45) is 4.68. The first-order valence-corrected chi connectivity index (χ1v) is 11.0. The minimum Gasteiger partial charge on any atom is -0.361 e. The molecule has 0 aliphatic carbocycles. The summed E-state index contributed by atoms with van der Waals surface area (Å²) < 4.78 is 0. The van der Waals surface area contributed by atoms with E-state index in [2.05, 4.69) is 76.2 Å². The Morgan fingerprint density at radius 1 is 1.16 bits per heavy atom. The molecule has 1 fully saturated rings. The molecular weight excluding hydrogens is 386 g/mol. The van der Waals surface area contributed by atoms with Crippen molar-refractivity contribution in [3.63, 3.8) is 0 Å². The highest BCUT2D eigenvalue weighted by Gasteiger charge is 2.19. The van der Waals surface area contributed by atoms with E-state index in [1.54, 1.807) is 7.05 Å². The van der Waals surface area contributed by atoms with Crippen LogP contribution in [0.25, 0.3) is 10.9 Å². The summed E-state index contributed by atoms with van der Waals surface area (Å²) in [6.45, 7) is 5.19. The van der Waals surface area contributed by atoms with Crippen LogP contribution >= 0.6 is 0 Å². The van der Waals surface area contributed by atoms with E-state index in [4.69, 9.17) is 0 Å². The Hall–Kier alpha value is -3.28. The van der Waals surface area contributed by atoms with Gasteiger partial charge in [0.15, 0.2) is 5.96 Å². The third kappa shape index (κ3) is 5.08. The molecule has 3 aromatic rings. The number of para-hydroxylation sites is 1. The second-order valence-electron chi connectivity index (χ2n) is 8.15. The molecule has 0 saturated carbocycles. The topological polar surface area (TPSA) is 72.5 Å². The fourth-order valence-corrected chi connectivity index (χ4v) is 4.22. The van der Waals surface area contributed by atoms with Crippen LogP contribution in [0.15, 0.2) is 53.7 Å². The van der Waals surface area contributed by atoms with E-state index in [0.717, 1.165) is 31.9 Å². The summed E-state index contributed by atoms with van der Waals surface area (Å²) in [5.41, 5.74) is 6.15. The van der Waals surface area contributed by atoms with Gasteiger partial charge < -0.3 is 20.5 Å². The Morgan fingerprint density at radius 3 is 2.81 bits per heavy atom. The van der Waals surface area contributed by atoms with Gasteiger partial charge in [0.25, 0.3) is 0 Å². The molecule has 4 rings (SSSR count). The molecule has 1 saturated heterocycles. The highest BCUT2D eigenvalue weighted by molar-refractivity contribution is 5.86. The second-order valence-corrected chi connectivity index (χ2v) is 8.15. The summed E-state index contributed by atoms with van der Waals surface area (Å²) >= 11 is 0. The summed E-state index contributed by atoms with van der Waals surface area (Å²) in [4.78, 5) is 21.6. The highest BCUT2D eigenvalue weighted by Crippen LogP contribution is 2.21. The van der Waals surface area contributed by atoms with Crippen molar-refractivity contribution in [2.45, 2.75) is 39.3 Å². The van der Waals surface area contributed by atoms with Crippen LogP contribution in [-0.4, -0.2) is 41.9 Å². The quantitative estimate of drug-likeness (QED) is 0.407. The average molecular weight is 418 g/mol. The van der Waals surface area contributed by atoms with Gasteiger partial charge in [-0.2, -0.15) is 0 Å². The zero-order valence-electron chi connectivity index (χ0n) is 18.4. The lowest BCUT2D eigenvalue weighted by Crippen LogP contribution is -2.37. The minimum absolute atomic E-state index is 0.262. The molecule has 6 heteroatoms. The molecular formula is C25H31N5O. The van der Waals surface area contributed by atoms with Crippen LogP contribution in [0, 0.1) is 6.92 Å². The van der Waals surface area contributed by atoms with Gasteiger partial charge in [0.2, 0.25) is 5.91 Å². The number of guanidine groups is 1. The monoisotopic (exact) mass is 417 g/mol. The van der Waals surface area contributed by atoms with Gasteiger partial charge in [-0.15, -0.1) is 0 Å². The van der Waals surface area contributed by atoms with Crippen molar-refractivity contribution >= 4 is 22.8 Å². The Bertz CT molecular complexity index is 1080. The Morgan fingerprint density at radius 2 is 2.00 bits per heavy atom. The Labute approximate surface area is 183 Å². The standard InChI is InChI=1S/C25H31N5O/c1-18-6-3-9-22-21(16-28-24(18)22)11-12-27-25(26-2)29-15-19-7-4-8-20(14-19)17-30-13-5-10-23(30)31/h3-4,6-9,14,16,28H,5,10-13,15,17H2,1-2H3,(H2,26,27,29). The lowest BCUT2D eigenvalue weighted by molar-refractivity contribution is -0.128. The first-order chi connectivity index (χ1) is 15.1. The maximum absolute atomic E-state index is 11.9. The van der Waals surface area contributed by atoms with Crippen LogP contribution in [0.4, 0.5) is 0 Å². The number of nitrogens with zero attached hydrogens (tertiary/aromatic N) is 2. The molecule has 6 nitrogen and oxygen atoms in total. The fraction of sp³-hybridized carbons (Fsp3) is 0.360. The number of aliphatic imine (C=N–C) groups is 1. The van der Waals surface area contributed by atoms with Crippen LogP contribution < -0.4 is 10.6 Å². The molecule has 1 amide bonds. The van der Waals surface area contributed by atoms with Gasteiger partial charge in [0.05, 0.1) is 0 Å². The molecule has 1 aliphatic rings. The molecule has 0 spiro atoms. The van der Waals surface area contributed by atoms with Gasteiger partial charge in [0.1, 0.15) is 0 Å². The molecule has 2 heterocycles. The number of nitrogens with one attached hydrogen (secondary N) is 3. The molecule has 0 unspecified atom stereocenters. The smallest absolute Gasteiger partial charge is 0.222 e. The van der Waals surface area contributed by atoms with E-state index < -0.39 is 0 Å². The molecule has 162 valence electrons. The van der Waals surface area contributed by atoms with Crippen molar-refractivity contribution in [3.8, 4) is 0 Å². The van der Waals surface area contributed by atoms with E-state index in [1.165, 1.54) is 33.2 Å². The molecule has 31 heavy (non-hydrogen) atoms. The van der Waals surface area contributed by atoms with Crippen molar-refractivity contribution in [2.75, 3.05) is 20.1 Å². The van der Waals surface area contributed by atoms with Crippen molar-refractivity contribution in [1.29, 1.82) is 0 Å². The van der Waals surface area contributed by atoms with E-state index in [-0.39, 0.29) is 5.91 Å². The predicted octanol–water partition coefficient (Wildman–Crippen LogP) is 3.51. The van der Waals surface area contributed by atoms with Gasteiger partial charge in [-0.1, -0.05) is 42.5 Å². The number of aryl methyl sites for hydroxylation is 1. The first-order valence-electron chi connectivity index (χ1n) is 11.0. The summed E-state index contributed by atoms with van der Waals surface area (Å²) in [6, 6.07) is 14.8. The van der Waals surface area contributed by atoms with Gasteiger partial charge in [-0.25, -0.2) is 0 Å². The number of hydrogen-bond donors (Lipinski definition) is 3. The molecule has 1 aromatic heterocycles. The van der Waals surface area contributed by atoms with Crippen molar-refractivity contribution < 1.29 is 4.79 Å². The van der Waals surface area contributed by atoms with Crippen LogP contribution in [-0.2, 0) is 24.3 Å². The lowest BCUT2D eigenvalue weighted by atomic mass is 10.1. The molecule has 0 radical (unpaired) electrons. The largest absolute Gasteiger partial charge is 0.361 e.